The first-order valence-electron chi connectivity index (χ1n) is 4.94. The molecule has 0 fully saturated rings. The van der Waals surface area contributed by atoms with Gasteiger partial charge in [0.15, 0.2) is 11.6 Å². The van der Waals surface area contributed by atoms with Crippen molar-refractivity contribution in [1.82, 2.24) is 4.98 Å². The lowest BCUT2D eigenvalue weighted by Crippen LogP contribution is -2.09. The van der Waals surface area contributed by atoms with Gasteiger partial charge >= 0.3 is 0 Å². The predicted molar refractivity (Wildman–Crippen MR) is 71.6 cm³/mol. The maximum Gasteiger partial charge on any atom is 0.166 e. The zero-order valence-corrected chi connectivity index (χ0v) is 10.6. The van der Waals surface area contributed by atoms with Crippen LogP contribution in [-0.4, -0.2) is 9.97 Å². The number of thiocarbonyl (C=S) groups is 1. The molecule has 0 atom stereocenters. The van der Waals surface area contributed by atoms with Crippen LogP contribution in [0.25, 0.3) is 0 Å². The molecule has 0 aliphatic rings. The van der Waals surface area contributed by atoms with E-state index in [-0.39, 0.29) is 10.7 Å². The Morgan fingerprint density at radius 3 is 2.72 bits per heavy atom. The van der Waals surface area contributed by atoms with Crippen LogP contribution in [0, 0.1) is 5.82 Å². The molecule has 0 saturated carbocycles. The molecule has 3 nitrogen and oxygen atoms in total. The first kappa shape index (κ1) is 12.7. The molecular formula is C12H8ClFN2OS. The number of halogens is 2. The second-order valence-corrected chi connectivity index (χ2v) is 4.33. The maximum absolute atomic E-state index is 13.7. The normalized spacial score (nSPS) is 10.1. The van der Waals surface area contributed by atoms with E-state index in [1.54, 1.807) is 6.07 Å². The first-order chi connectivity index (χ1) is 8.56. The summed E-state index contributed by atoms with van der Waals surface area (Å²) in [5, 5.41) is 0.410. The molecule has 0 aliphatic heterocycles. The molecule has 0 unspecified atom stereocenters. The Balaban J connectivity index is 2.27. The summed E-state index contributed by atoms with van der Waals surface area (Å²) in [7, 11) is 0. The molecule has 2 rings (SSSR count). The van der Waals surface area contributed by atoms with Crippen molar-refractivity contribution in [1.29, 1.82) is 0 Å². The molecular weight excluding hydrogens is 275 g/mol. The lowest BCUT2D eigenvalue weighted by Gasteiger charge is -2.07. The highest BCUT2D eigenvalue weighted by atomic mass is 35.5. The fourth-order valence-electron chi connectivity index (χ4n) is 1.31. The van der Waals surface area contributed by atoms with Gasteiger partial charge < -0.3 is 10.5 Å². The summed E-state index contributed by atoms with van der Waals surface area (Å²) >= 11 is 10.5. The topological polar surface area (TPSA) is 48.1 Å². The second-order valence-electron chi connectivity index (χ2n) is 3.45. The van der Waals surface area contributed by atoms with Crippen LogP contribution >= 0.6 is 23.8 Å². The quantitative estimate of drug-likeness (QED) is 0.878. The van der Waals surface area contributed by atoms with E-state index in [9.17, 15) is 4.39 Å². The lowest BCUT2D eigenvalue weighted by atomic mass is 10.2. The molecule has 0 bridgehead atoms. The average Bonchev–Trinajstić information content (AvgIpc) is 2.31. The summed E-state index contributed by atoms with van der Waals surface area (Å²) < 4.78 is 19.0. The van der Waals surface area contributed by atoms with Gasteiger partial charge in [-0.25, -0.2) is 4.39 Å². The third-order valence-corrected chi connectivity index (χ3v) is 2.57. The lowest BCUT2D eigenvalue weighted by molar-refractivity contribution is 0.440. The molecule has 1 heterocycles. The highest BCUT2D eigenvalue weighted by Crippen LogP contribution is 2.26. The molecule has 0 amide bonds. The Labute approximate surface area is 113 Å². The number of benzene rings is 1. The highest BCUT2D eigenvalue weighted by Gasteiger charge is 2.07. The Bertz CT molecular complexity index is 606. The molecule has 92 valence electrons. The SMILES string of the molecule is NC(=S)c1ccc(Oc2cncc(Cl)c2)c(F)c1. The van der Waals surface area contributed by atoms with Crippen LogP contribution in [0.1, 0.15) is 5.56 Å². The van der Waals surface area contributed by atoms with E-state index < -0.39 is 5.82 Å². The van der Waals surface area contributed by atoms with E-state index in [1.165, 1.54) is 30.6 Å². The number of nitrogens with zero attached hydrogens (tertiary/aromatic N) is 1. The number of hydrogen-bond acceptors (Lipinski definition) is 3. The van der Waals surface area contributed by atoms with E-state index in [0.717, 1.165) is 0 Å². The summed E-state index contributed by atoms with van der Waals surface area (Å²) in [4.78, 5) is 3.97. The molecule has 6 heteroatoms. The fraction of sp³-hybridized carbons (Fsp3) is 0. The van der Waals surface area contributed by atoms with Crippen LogP contribution in [0.2, 0.25) is 5.02 Å². The Morgan fingerprint density at radius 1 is 1.33 bits per heavy atom. The summed E-state index contributed by atoms with van der Waals surface area (Å²) in [5.41, 5.74) is 5.85. The minimum Gasteiger partial charge on any atom is -0.453 e. The van der Waals surface area contributed by atoms with E-state index in [0.29, 0.717) is 16.3 Å². The molecule has 18 heavy (non-hydrogen) atoms. The summed E-state index contributed by atoms with van der Waals surface area (Å²) in [5.74, 6) is -0.149. The van der Waals surface area contributed by atoms with Crippen molar-refractivity contribution >= 4 is 28.8 Å². The molecule has 0 radical (unpaired) electrons. The van der Waals surface area contributed by atoms with Crippen LogP contribution in [-0.2, 0) is 0 Å². The van der Waals surface area contributed by atoms with Gasteiger partial charge in [0.1, 0.15) is 10.7 Å². The van der Waals surface area contributed by atoms with Crippen LogP contribution < -0.4 is 10.5 Å². The largest absolute Gasteiger partial charge is 0.453 e. The second kappa shape index (κ2) is 5.29. The zero-order valence-electron chi connectivity index (χ0n) is 9.06. The molecule has 0 saturated heterocycles. The number of pyridine rings is 1. The summed E-state index contributed by atoms with van der Waals surface area (Å²) in [6.07, 6.45) is 2.90. The standard InChI is InChI=1S/C12H8ClFN2OS/c13-8-4-9(6-16-5-8)17-11-2-1-7(12(15)18)3-10(11)14/h1-6H,(H2,15,18). The first-order valence-corrected chi connectivity index (χ1v) is 5.72. The summed E-state index contributed by atoms with van der Waals surface area (Å²) in [6, 6.07) is 5.79. The van der Waals surface area contributed by atoms with E-state index in [2.05, 4.69) is 4.98 Å². The van der Waals surface area contributed by atoms with Crippen LogP contribution in [0.3, 0.4) is 0 Å². The molecule has 2 N–H and O–H groups in total. The van der Waals surface area contributed by atoms with Gasteiger partial charge in [0.05, 0.1) is 11.2 Å². The fourth-order valence-corrected chi connectivity index (χ4v) is 1.60. The Morgan fingerprint density at radius 2 is 2.11 bits per heavy atom. The van der Waals surface area contributed by atoms with Crippen molar-refractivity contribution in [2.75, 3.05) is 0 Å². The van der Waals surface area contributed by atoms with Crippen molar-refractivity contribution < 1.29 is 9.13 Å². The van der Waals surface area contributed by atoms with Gasteiger partial charge in [-0.15, -0.1) is 0 Å². The van der Waals surface area contributed by atoms with Gasteiger partial charge in [0.25, 0.3) is 0 Å². The van der Waals surface area contributed by atoms with Crippen molar-refractivity contribution in [2.24, 2.45) is 5.73 Å². The van der Waals surface area contributed by atoms with Crippen molar-refractivity contribution in [3.05, 3.63) is 53.1 Å². The Hall–Kier alpha value is -1.72. The van der Waals surface area contributed by atoms with Gasteiger partial charge in [-0.05, 0) is 18.2 Å². The monoisotopic (exact) mass is 282 g/mol. The minimum atomic E-state index is -0.555. The molecule has 0 spiro atoms. The van der Waals surface area contributed by atoms with Crippen molar-refractivity contribution in [3.63, 3.8) is 0 Å². The summed E-state index contributed by atoms with van der Waals surface area (Å²) in [6.45, 7) is 0. The van der Waals surface area contributed by atoms with Crippen molar-refractivity contribution in [2.45, 2.75) is 0 Å². The maximum atomic E-state index is 13.7. The van der Waals surface area contributed by atoms with Gasteiger partial charge in [0.2, 0.25) is 0 Å². The molecule has 2 aromatic rings. The number of aromatic nitrogens is 1. The molecule has 1 aromatic heterocycles. The third kappa shape index (κ3) is 2.94. The number of ether oxygens (including phenoxy) is 1. The van der Waals surface area contributed by atoms with E-state index >= 15 is 0 Å². The van der Waals surface area contributed by atoms with E-state index in [4.69, 9.17) is 34.3 Å². The van der Waals surface area contributed by atoms with Crippen LogP contribution in [0.5, 0.6) is 11.5 Å². The van der Waals surface area contributed by atoms with Gasteiger partial charge in [0, 0.05) is 17.8 Å². The van der Waals surface area contributed by atoms with Crippen LogP contribution in [0.15, 0.2) is 36.7 Å². The minimum absolute atomic E-state index is 0.0547. The van der Waals surface area contributed by atoms with Crippen molar-refractivity contribution in [3.8, 4) is 11.5 Å². The predicted octanol–water partition coefficient (Wildman–Crippen LogP) is 3.30. The van der Waals surface area contributed by atoms with Gasteiger partial charge in [-0.3, -0.25) is 4.98 Å². The van der Waals surface area contributed by atoms with E-state index in [1.807, 2.05) is 0 Å². The smallest absolute Gasteiger partial charge is 0.166 e. The number of nitrogens with two attached hydrogens (primary N) is 1. The van der Waals surface area contributed by atoms with Crippen LogP contribution in [0.4, 0.5) is 4.39 Å². The Kier molecular flexibility index (Phi) is 3.74. The average molecular weight is 283 g/mol. The zero-order chi connectivity index (χ0) is 13.1. The number of rotatable bonds is 3. The molecule has 1 aromatic carbocycles. The highest BCUT2D eigenvalue weighted by molar-refractivity contribution is 7.80. The third-order valence-electron chi connectivity index (χ3n) is 2.12. The van der Waals surface area contributed by atoms with Gasteiger partial charge in [-0.2, -0.15) is 0 Å². The molecule has 0 aliphatic carbocycles. The van der Waals surface area contributed by atoms with Gasteiger partial charge in [-0.1, -0.05) is 23.8 Å². The number of hydrogen-bond donors (Lipinski definition) is 1.